The molecule has 1 radical (unpaired) electrons. The molecule has 0 saturated carbocycles. The first-order valence-electron chi connectivity index (χ1n) is 5.09. The summed E-state index contributed by atoms with van der Waals surface area (Å²) < 4.78 is 0. The maximum atomic E-state index is 11.1. The number of hydrogen-bond acceptors (Lipinski definition) is 2. The van der Waals surface area contributed by atoms with E-state index in [4.69, 9.17) is 5.73 Å². The first kappa shape index (κ1) is 11.2. The van der Waals surface area contributed by atoms with Gasteiger partial charge in [0.15, 0.2) is 0 Å². The van der Waals surface area contributed by atoms with Gasteiger partial charge in [0.2, 0.25) is 5.91 Å². The maximum Gasteiger partial charge on any atom is 0.234 e. The highest BCUT2D eigenvalue weighted by Gasteiger charge is 2.25. The van der Waals surface area contributed by atoms with Crippen molar-refractivity contribution in [1.82, 2.24) is 4.90 Å². The lowest BCUT2D eigenvalue weighted by Gasteiger charge is -2.32. The van der Waals surface area contributed by atoms with Crippen LogP contribution in [0.5, 0.6) is 0 Å². The molecule has 1 aliphatic heterocycles. The highest BCUT2D eigenvalue weighted by molar-refractivity contribution is 5.80. The molecule has 3 nitrogen and oxygen atoms in total. The molecule has 1 amide bonds. The second-order valence-electron chi connectivity index (χ2n) is 4.01. The first-order chi connectivity index (χ1) is 6.61. The molecular weight excluding hydrogens is 176 g/mol. The van der Waals surface area contributed by atoms with E-state index in [-0.39, 0.29) is 11.9 Å². The molecule has 0 bridgehead atoms. The van der Waals surface area contributed by atoms with Gasteiger partial charge in [0, 0.05) is 6.54 Å². The Morgan fingerprint density at radius 3 is 2.93 bits per heavy atom. The first-order valence-corrected chi connectivity index (χ1v) is 5.09. The van der Waals surface area contributed by atoms with Crippen LogP contribution in [0.15, 0.2) is 11.6 Å². The molecule has 0 aliphatic carbocycles. The van der Waals surface area contributed by atoms with Crippen LogP contribution in [-0.2, 0) is 4.79 Å². The third-order valence-corrected chi connectivity index (χ3v) is 2.51. The monoisotopic (exact) mass is 195 g/mol. The molecule has 0 aromatic rings. The Morgan fingerprint density at radius 2 is 2.36 bits per heavy atom. The smallest absolute Gasteiger partial charge is 0.234 e. The average Bonchev–Trinajstić information content (AvgIpc) is 2.15. The molecule has 14 heavy (non-hydrogen) atoms. The summed E-state index contributed by atoms with van der Waals surface area (Å²) in [6, 6.07) is -0.0978. The van der Waals surface area contributed by atoms with Gasteiger partial charge in [-0.2, -0.15) is 0 Å². The standard InChI is InChI=1S/C11H19N2O/c1-9(2)6-8-13-7-4-3-5-10(13)11(12)14/h3,6,10H,4-5,7-8H2,1-2H3,(H2,12,14). The van der Waals surface area contributed by atoms with E-state index in [9.17, 15) is 4.79 Å². The minimum Gasteiger partial charge on any atom is -0.368 e. The Hall–Kier alpha value is -0.830. The van der Waals surface area contributed by atoms with Crippen molar-refractivity contribution in [2.45, 2.75) is 32.7 Å². The van der Waals surface area contributed by atoms with Crippen LogP contribution in [0.4, 0.5) is 0 Å². The number of hydrogen-bond donors (Lipinski definition) is 1. The summed E-state index contributed by atoms with van der Waals surface area (Å²) in [5.41, 5.74) is 6.62. The minimum absolute atomic E-state index is 0.0978. The SMILES string of the molecule is CC(C)=CCN1CC[CH]CC1C(N)=O. The average molecular weight is 195 g/mol. The van der Waals surface area contributed by atoms with E-state index < -0.39 is 0 Å². The Morgan fingerprint density at radius 1 is 1.64 bits per heavy atom. The third kappa shape index (κ3) is 3.14. The van der Waals surface area contributed by atoms with E-state index in [1.165, 1.54) is 5.57 Å². The lowest BCUT2D eigenvalue weighted by Crippen LogP contribution is -2.47. The molecule has 2 N–H and O–H groups in total. The minimum atomic E-state index is -0.205. The van der Waals surface area contributed by atoms with Crippen molar-refractivity contribution in [2.24, 2.45) is 5.73 Å². The highest BCUT2D eigenvalue weighted by atomic mass is 16.1. The zero-order chi connectivity index (χ0) is 10.6. The second kappa shape index (κ2) is 5.15. The van der Waals surface area contributed by atoms with Gasteiger partial charge in [-0.3, -0.25) is 9.69 Å². The zero-order valence-corrected chi connectivity index (χ0v) is 8.99. The van der Waals surface area contributed by atoms with Gasteiger partial charge in [0.25, 0.3) is 0 Å². The molecule has 1 aliphatic rings. The molecule has 0 aromatic heterocycles. The fraction of sp³-hybridized carbons (Fsp3) is 0.636. The topological polar surface area (TPSA) is 46.3 Å². The third-order valence-electron chi connectivity index (χ3n) is 2.51. The van der Waals surface area contributed by atoms with Crippen LogP contribution in [0, 0.1) is 6.42 Å². The molecule has 79 valence electrons. The molecule has 0 spiro atoms. The van der Waals surface area contributed by atoms with Crippen molar-refractivity contribution in [2.75, 3.05) is 13.1 Å². The van der Waals surface area contributed by atoms with Crippen LogP contribution in [0.2, 0.25) is 0 Å². The molecule has 1 rings (SSSR count). The van der Waals surface area contributed by atoms with Gasteiger partial charge in [0.05, 0.1) is 6.04 Å². The number of nitrogens with two attached hydrogens (primary N) is 1. The van der Waals surface area contributed by atoms with Crippen molar-refractivity contribution in [1.29, 1.82) is 0 Å². The molecule has 1 saturated heterocycles. The number of likely N-dealkylation sites (tertiary alicyclic amines) is 1. The largest absolute Gasteiger partial charge is 0.368 e. The van der Waals surface area contributed by atoms with Crippen LogP contribution in [0.25, 0.3) is 0 Å². The summed E-state index contributed by atoms with van der Waals surface area (Å²) in [5.74, 6) is -0.205. The van der Waals surface area contributed by atoms with Crippen LogP contribution < -0.4 is 5.73 Å². The van der Waals surface area contributed by atoms with Gasteiger partial charge in [-0.05, 0) is 39.7 Å². The molecule has 1 unspecified atom stereocenters. The number of rotatable bonds is 3. The number of piperidine rings is 1. The number of allylic oxidation sites excluding steroid dienone is 1. The predicted molar refractivity (Wildman–Crippen MR) is 57.5 cm³/mol. The van der Waals surface area contributed by atoms with Gasteiger partial charge in [0.1, 0.15) is 0 Å². The lowest BCUT2D eigenvalue weighted by atomic mass is 10.0. The number of nitrogens with zero attached hydrogens (tertiary/aromatic N) is 1. The van der Waals surface area contributed by atoms with E-state index >= 15 is 0 Å². The van der Waals surface area contributed by atoms with Crippen LogP contribution >= 0.6 is 0 Å². The van der Waals surface area contributed by atoms with Crippen LogP contribution in [-0.4, -0.2) is 29.9 Å². The van der Waals surface area contributed by atoms with Crippen LogP contribution in [0.3, 0.4) is 0 Å². The predicted octanol–water partition coefficient (Wildman–Crippen LogP) is 1.11. The summed E-state index contributed by atoms with van der Waals surface area (Å²) in [7, 11) is 0. The van der Waals surface area contributed by atoms with Crippen molar-refractivity contribution in [3.63, 3.8) is 0 Å². The van der Waals surface area contributed by atoms with E-state index in [1.54, 1.807) is 0 Å². The van der Waals surface area contributed by atoms with E-state index in [0.717, 1.165) is 25.9 Å². The lowest BCUT2D eigenvalue weighted by molar-refractivity contribution is -0.123. The van der Waals surface area contributed by atoms with Gasteiger partial charge in [-0.25, -0.2) is 0 Å². The normalized spacial score (nSPS) is 23.1. The summed E-state index contributed by atoms with van der Waals surface area (Å²) >= 11 is 0. The summed E-state index contributed by atoms with van der Waals surface area (Å²) in [5, 5.41) is 0. The van der Waals surface area contributed by atoms with Gasteiger partial charge >= 0.3 is 0 Å². The van der Waals surface area contributed by atoms with E-state index in [0.29, 0.717) is 0 Å². The van der Waals surface area contributed by atoms with Gasteiger partial charge < -0.3 is 5.73 Å². The fourth-order valence-electron chi connectivity index (χ4n) is 1.65. The van der Waals surface area contributed by atoms with E-state index in [1.807, 2.05) is 0 Å². The number of carbonyl (C=O) groups excluding carboxylic acids is 1. The molecule has 0 aromatic carbocycles. The maximum absolute atomic E-state index is 11.1. The summed E-state index contributed by atoms with van der Waals surface area (Å²) in [4.78, 5) is 13.3. The molecular formula is C11H19N2O. The van der Waals surface area contributed by atoms with E-state index in [2.05, 4.69) is 31.2 Å². The number of carbonyl (C=O) groups is 1. The fourth-order valence-corrected chi connectivity index (χ4v) is 1.65. The molecule has 1 fully saturated rings. The van der Waals surface area contributed by atoms with Gasteiger partial charge in [-0.1, -0.05) is 11.6 Å². The molecule has 1 heterocycles. The highest BCUT2D eigenvalue weighted by Crippen LogP contribution is 2.15. The molecule has 1 atom stereocenters. The second-order valence-corrected chi connectivity index (χ2v) is 4.01. The Balaban J connectivity index is 2.54. The van der Waals surface area contributed by atoms with Crippen molar-refractivity contribution in [3.05, 3.63) is 18.1 Å². The number of amides is 1. The Labute approximate surface area is 86.0 Å². The number of primary amides is 1. The van der Waals surface area contributed by atoms with Crippen molar-refractivity contribution in [3.8, 4) is 0 Å². The van der Waals surface area contributed by atoms with Crippen LogP contribution in [0.1, 0.15) is 26.7 Å². The van der Waals surface area contributed by atoms with Gasteiger partial charge in [-0.15, -0.1) is 0 Å². The Kier molecular flexibility index (Phi) is 4.14. The molecule has 3 heteroatoms. The Bertz CT molecular complexity index is 231. The summed E-state index contributed by atoms with van der Waals surface area (Å²) in [6.45, 7) is 5.91. The van der Waals surface area contributed by atoms with Crippen molar-refractivity contribution >= 4 is 5.91 Å². The quantitative estimate of drug-likeness (QED) is 0.686. The van der Waals surface area contributed by atoms with Crippen molar-refractivity contribution < 1.29 is 4.79 Å². The summed E-state index contributed by atoms with van der Waals surface area (Å²) in [6.07, 6.45) is 6.14. The zero-order valence-electron chi connectivity index (χ0n) is 8.99.